The van der Waals surface area contributed by atoms with Gasteiger partial charge >= 0.3 is 0 Å². The van der Waals surface area contributed by atoms with Crippen LogP contribution in [0.15, 0.2) is 104 Å². The third kappa shape index (κ3) is 5.50. The molecule has 3 aromatic carbocycles. The molecule has 0 aliphatic heterocycles. The molecule has 5 rings (SSSR count). The van der Waals surface area contributed by atoms with Crippen LogP contribution in [-0.2, 0) is 5.54 Å². The van der Waals surface area contributed by atoms with Gasteiger partial charge in [-0.1, -0.05) is 123 Å². The van der Waals surface area contributed by atoms with Crippen LogP contribution >= 0.6 is 0 Å². The number of Topliss-reactive ketones (excluding diaryl/α,β-unsaturated/α-hetero) is 1. The van der Waals surface area contributed by atoms with Crippen LogP contribution < -0.4 is 0 Å². The number of aromatic nitrogens is 2. The van der Waals surface area contributed by atoms with Gasteiger partial charge in [0.05, 0.1) is 12.5 Å². The first-order chi connectivity index (χ1) is 18.8. The molecule has 3 heteroatoms. The lowest BCUT2D eigenvalue weighted by molar-refractivity contribution is 0.0972. The highest BCUT2D eigenvalue weighted by Crippen LogP contribution is 2.41. The van der Waals surface area contributed by atoms with Crippen LogP contribution in [0.1, 0.15) is 85.0 Å². The summed E-state index contributed by atoms with van der Waals surface area (Å²) in [6, 6.07) is 31.2. The number of carbonyl (C=O) groups is 1. The first-order valence-corrected chi connectivity index (χ1v) is 14.0. The third-order valence-electron chi connectivity index (χ3n) is 7.86. The Morgan fingerprint density at radius 1 is 0.763 bits per heavy atom. The summed E-state index contributed by atoms with van der Waals surface area (Å²) in [7, 11) is 0. The molecule has 0 unspecified atom stereocenters. The molecule has 0 amide bonds. The second-order valence-electron chi connectivity index (χ2n) is 10.3. The monoisotopic (exact) mass is 500 g/mol. The van der Waals surface area contributed by atoms with Gasteiger partial charge in [0.1, 0.15) is 11.2 Å². The van der Waals surface area contributed by atoms with Crippen LogP contribution in [-0.4, -0.2) is 15.3 Å². The molecule has 1 heterocycles. The van der Waals surface area contributed by atoms with E-state index >= 15 is 0 Å². The predicted molar refractivity (Wildman–Crippen MR) is 154 cm³/mol. The predicted octanol–water partition coefficient (Wildman–Crippen LogP) is 8.05. The van der Waals surface area contributed by atoms with Gasteiger partial charge in [0.15, 0.2) is 5.78 Å². The topological polar surface area (TPSA) is 34.9 Å². The minimum absolute atomic E-state index is 0.0660. The summed E-state index contributed by atoms with van der Waals surface area (Å²) >= 11 is 0. The van der Waals surface area contributed by atoms with E-state index in [1.165, 1.54) is 38.5 Å². The van der Waals surface area contributed by atoms with Crippen LogP contribution in [0, 0.1) is 17.8 Å². The zero-order valence-electron chi connectivity index (χ0n) is 22.1. The molecule has 0 saturated heterocycles. The number of rotatable bonds is 9. The second-order valence-corrected chi connectivity index (χ2v) is 10.3. The highest BCUT2D eigenvalue weighted by molar-refractivity contribution is 5.94. The maximum Gasteiger partial charge on any atom is 0.181 e. The van der Waals surface area contributed by atoms with Crippen molar-refractivity contribution in [3.8, 4) is 11.8 Å². The van der Waals surface area contributed by atoms with E-state index in [1.807, 2.05) is 18.2 Å². The summed E-state index contributed by atoms with van der Waals surface area (Å²) < 4.78 is 2.06. The van der Waals surface area contributed by atoms with E-state index in [2.05, 4.69) is 94.2 Å². The van der Waals surface area contributed by atoms with Crippen molar-refractivity contribution < 1.29 is 4.79 Å². The van der Waals surface area contributed by atoms with E-state index < -0.39 is 5.54 Å². The average Bonchev–Trinajstić information content (AvgIpc) is 3.48. The molecule has 3 nitrogen and oxygen atoms in total. The van der Waals surface area contributed by atoms with Gasteiger partial charge < -0.3 is 4.57 Å². The number of hydrogen-bond donors (Lipinski definition) is 0. The average molecular weight is 501 g/mol. The Morgan fingerprint density at radius 3 is 1.84 bits per heavy atom. The highest BCUT2D eigenvalue weighted by atomic mass is 16.1. The van der Waals surface area contributed by atoms with Crippen LogP contribution in [0.4, 0.5) is 0 Å². The van der Waals surface area contributed by atoms with Gasteiger partial charge in [-0.05, 0) is 29.0 Å². The molecule has 0 N–H and O–H groups in total. The van der Waals surface area contributed by atoms with Gasteiger partial charge in [-0.15, -0.1) is 11.8 Å². The van der Waals surface area contributed by atoms with Crippen molar-refractivity contribution in [2.24, 2.45) is 5.92 Å². The molecular formula is C35H36N2O. The van der Waals surface area contributed by atoms with Gasteiger partial charge in [0.2, 0.25) is 0 Å². The molecule has 0 bridgehead atoms. The van der Waals surface area contributed by atoms with Crippen molar-refractivity contribution in [2.45, 2.75) is 63.3 Å². The number of carbonyl (C=O) groups excluding carboxylic acids is 1. The maximum atomic E-state index is 13.6. The number of nitrogens with zero attached hydrogens (tertiary/aromatic N) is 2. The zero-order valence-corrected chi connectivity index (χ0v) is 22.1. The molecule has 38 heavy (non-hydrogen) atoms. The van der Waals surface area contributed by atoms with Gasteiger partial charge in [-0.2, -0.15) is 0 Å². The molecule has 1 aliphatic carbocycles. The normalized spacial score (nSPS) is 14.0. The molecule has 0 spiro atoms. The van der Waals surface area contributed by atoms with E-state index in [-0.39, 0.29) is 5.78 Å². The van der Waals surface area contributed by atoms with Gasteiger partial charge in [0.25, 0.3) is 0 Å². The Morgan fingerprint density at radius 2 is 1.29 bits per heavy atom. The van der Waals surface area contributed by atoms with E-state index in [1.54, 1.807) is 12.5 Å². The molecule has 4 aromatic rings. The second kappa shape index (κ2) is 12.6. The first kappa shape index (κ1) is 25.7. The van der Waals surface area contributed by atoms with Crippen molar-refractivity contribution >= 4 is 5.78 Å². The summed E-state index contributed by atoms with van der Waals surface area (Å²) in [6.45, 7) is 0. The molecule has 1 aromatic heterocycles. The van der Waals surface area contributed by atoms with E-state index in [4.69, 9.17) is 0 Å². The fraction of sp³-hybridized carbons (Fsp3) is 0.314. The fourth-order valence-electron chi connectivity index (χ4n) is 5.96. The minimum atomic E-state index is -0.739. The van der Waals surface area contributed by atoms with Crippen molar-refractivity contribution in [1.82, 2.24) is 9.55 Å². The summed E-state index contributed by atoms with van der Waals surface area (Å²) in [5, 5.41) is 0. The van der Waals surface area contributed by atoms with Gasteiger partial charge in [-0.25, -0.2) is 4.98 Å². The molecule has 0 radical (unpaired) electrons. The fourth-order valence-corrected chi connectivity index (χ4v) is 5.96. The smallest absolute Gasteiger partial charge is 0.181 e. The van der Waals surface area contributed by atoms with Crippen molar-refractivity contribution in [2.75, 3.05) is 0 Å². The lowest BCUT2D eigenvalue weighted by atomic mass is 9.76. The molecule has 192 valence electrons. The highest BCUT2D eigenvalue weighted by Gasteiger charge is 2.40. The molecular weight excluding hydrogens is 464 g/mol. The van der Waals surface area contributed by atoms with Crippen LogP contribution in [0.3, 0.4) is 0 Å². The lowest BCUT2D eigenvalue weighted by Gasteiger charge is -2.38. The number of benzene rings is 3. The first-order valence-electron chi connectivity index (χ1n) is 14.0. The summed E-state index contributed by atoms with van der Waals surface area (Å²) in [4.78, 5) is 18.1. The zero-order chi connectivity index (χ0) is 26.0. The Hall–Kier alpha value is -3.90. The minimum Gasteiger partial charge on any atom is -0.309 e. The molecule has 1 saturated carbocycles. The molecule has 1 aliphatic rings. The SMILES string of the molecule is O=C(CCC#CCCC1CCCCC1)c1cncn1C(c1ccccc1)(c1ccccc1)c1ccccc1. The number of ketones is 1. The van der Waals surface area contributed by atoms with E-state index in [9.17, 15) is 4.79 Å². The molecule has 0 atom stereocenters. The maximum absolute atomic E-state index is 13.6. The third-order valence-corrected chi connectivity index (χ3v) is 7.86. The van der Waals surface area contributed by atoms with Crippen LogP contribution in [0.5, 0.6) is 0 Å². The number of imidazole rings is 1. The number of hydrogen-bond acceptors (Lipinski definition) is 2. The van der Waals surface area contributed by atoms with E-state index in [0.717, 1.165) is 29.0 Å². The summed E-state index contributed by atoms with van der Waals surface area (Å²) in [5.74, 6) is 7.51. The Labute approximate surface area is 227 Å². The van der Waals surface area contributed by atoms with E-state index in [0.29, 0.717) is 18.5 Å². The Kier molecular flexibility index (Phi) is 8.51. The quantitative estimate of drug-likeness (QED) is 0.132. The molecule has 1 fully saturated rings. The lowest BCUT2D eigenvalue weighted by Crippen LogP contribution is -2.39. The van der Waals surface area contributed by atoms with Gasteiger partial charge in [-0.3, -0.25) is 4.79 Å². The van der Waals surface area contributed by atoms with Crippen LogP contribution in [0.2, 0.25) is 0 Å². The van der Waals surface area contributed by atoms with Crippen molar-refractivity contribution in [3.05, 3.63) is 126 Å². The van der Waals surface area contributed by atoms with Crippen molar-refractivity contribution in [3.63, 3.8) is 0 Å². The largest absolute Gasteiger partial charge is 0.309 e. The Bertz CT molecular complexity index is 1260. The van der Waals surface area contributed by atoms with Crippen molar-refractivity contribution in [1.29, 1.82) is 0 Å². The Balaban J connectivity index is 1.45. The van der Waals surface area contributed by atoms with Crippen LogP contribution in [0.25, 0.3) is 0 Å². The summed E-state index contributed by atoms with van der Waals surface area (Å²) in [6.07, 6.45) is 13.5. The summed E-state index contributed by atoms with van der Waals surface area (Å²) in [5.41, 5.74) is 3.09. The standard InChI is InChI=1S/C35H36N2O/c38-34(26-16-2-1-7-17-29-18-8-3-9-19-29)33-27-36-28-37(33)35(30-20-10-4-11-21-30,31-22-12-5-13-23-31)32-24-14-6-15-25-32/h4-6,10-15,20-25,27-29H,3,7-9,16-19,26H2. The van der Waals surface area contributed by atoms with Gasteiger partial charge in [0, 0.05) is 19.3 Å².